The summed E-state index contributed by atoms with van der Waals surface area (Å²) >= 11 is 1.43. The van der Waals surface area contributed by atoms with Crippen molar-refractivity contribution in [3.05, 3.63) is 18.0 Å². The Hall–Kier alpha value is -1.40. The average Bonchev–Trinajstić information content (AvgIpc) is 2.94. The maximum absolute atomic E-state index is 5.66. The summed E-state index contributed by atoms with van der Waals surface area (Å²) in [6.07, 6.45) is 1.78. The fraction of sp³-hybridized carbons (Fsp3) is 0.455. The smallest absolute Gasteiger partial charge is 0.268 e. The van der Waals surface area contributed by atoms with Crippen LogP contribution in [0.2, 0.25) is 0 Å². The maximum atomic E-state index is 5.66. The van der Waals surface area contributed by atoms with Crippen LogP contribution in [0.4, 0.5) is 5.00 Å². The van der Waals surface area contributed by atoms with Gasteiger partial charge in [-0.1, -0.05) is 18.5 Å². The number of aromatic nitrogens is 2. The summed E-state index contributed by atoms with van der Waals surface area (Å²) in [5, 5.41) is 4.68. The summed E-state index contributed by atoms with van der Waals surface area (Å²) in [6, 6.07) is 3.70. The number of rotatable bonds is 5. The number of thiophene rings is 1. The average molecular weight is 253 g/mol. The molecular formula is C11H15N3O2S. The van der Waals surface area contributed by atoms with E-state index in [0.717, 1.165) is 22.7 Å². The molecule has 2 aromatic heterocycles. The number of nitrogen functional groups attached to an aromatic ring is 1. The summed E-state index contributed by atoms with van der Waals surface area (Å²) in [6.45, 7) is 2.09. The molecule has 1 atom stereocenters. The molecule has 0 bridgehead atoms. The lowest BCUT2D eigenvalue weighted by atomic mass is 10.2. The van der Waals surface area contributed by atoms with Crippen LogP contribution in [0.3, 0.4) is 0 Å². The van der Waals surface area contributed by atoms with Crippen molar-refractivity contribution in [2.24, 2.45) is 0 Å². The zero-order valence-corrected chi connectivity index (χ0v) is 10.7. The predicted molar refractivity (Wildman–Crippen MR) is 66.7 cm³/mol. The topological polar surface area (TPSA) is 74.2 Å². The van der Waals surface area contributed by atoms with E-state index in [1.54, 1.807) is 7.11 Å². The predicted octanol–water partition coefficient (Wildman–Crippen LogP) is 2.87. The Kier molecular flexibility index (Phi) is 3.75. The molecule has 17 heavy (non-hydrogen) atoms. The van der Waals surface area contributed by atoms with Crippen molar-refractivity contribution in [1.82, 2.24) is 10.1 Å². The van der Waals surface area contributed by atoms with Gasteiger partial charge in [0.15, 0.2) is 0 Å². The molecule has 5 nitrogen and oxygen atoms in total. The van der Waals surface area contributed by atoms with E-state index < -0.39 is 0 Å². The lowest BCUT2D eigenvalue weighted by Crippen LogP contribution is -2.02. The van der Waals surface area contributed by atoms with Crippen molar-refractivity contribution in [3.8, 4) is 10.8 Å². The molecule has 0 aliphatic rings. The summed E-state index contributed by atoms with van der Waals surface area (Å²) in [4.78, 5) is 5.22. The van der Waals surface area contributed by atoms with Gasteiger partial charge in [-0.3, -0.25) is 0 Å². The van der Waals surface area contributed by atoms with Gasteiger partial charge < -0.3 is 15.0 Å². The van der Waals surface area contributed by atoms with Crippen molar-refractivity contribution in [3.63, 3.8) is 0 Å². The number of hydrogen-bond acceptors (Lipinski definition) is 6. The van der Waals surface area contributed by atoms with Crippen LogP contribution in [0.25, 0.3) is 10.8 Å². The fourth-order valence-corrected chi connectivity index (χ4v) is 2.24. The standard InChI is InChI=1S/C11H15N3O2S/c1-3-4-7(15-2)10-13-11(16-14-10)8-5-6-9(12)17-8/h5-7H,3-4,12H2,1-2H3. The van der Waals surface area contributed by atoms with E-state index in [4.69, 9.17) is 15.0 Å². The summed E-state index contributed by atoms with van der Waals surface area (Å²) in [7, 11) is 1.65. The first-order chi connectivity index (χ1) is 8.24. The first-order valence-electron chi connectivity index (χ1n) is 5.46. The molecule has 0 spiro atoms. The Bertz CT molecular complexity index is 481. The molecule has 0 amide bonds. The second-order valence-corrected chi connectivity index (χ2v) is 4.79. The molecule has 2 N–H and O–H groups in total. The molecule has 0 fully saturated rings. The second-order valence-electron chi connectivity index (χ2n) is 3.67. The zero-order chi connectivity index (χ0) is 12.3. The van der Waals surface area contributed by atoms with Gasteiger partial charge in [-0.05, 0) is 18.6 Å². The van der Waals surface area contributed by atoms with Gasteiger partial charge in [0.2, 0.25) is 5.82 Å². The highest BCUT2D eigenvalue weighted by molar-refractivity contribution is 7.19. The molecule has 2 aromatic rings. The van der Waals surface area contributed by atoms with Gasteiger partial charge in [-0.2, -0.15) is 4.98 Å². The maximum Gasteiger partial charge on any atom is 0.268 e. The quantitative estimate of drug-likeness (QED) is 0.886. The van der Waals surface area contributed by atoms with E-state index in [1.165, 1.54) is 11.3 Å². The van der Waals surface area contributed by atoms with Crippen LogP contribution in [-0.4, -0.2) is 17.3 Å². The molecule has 2 heterocycles. The third-order valence-electron chi connectivity index (χ3n) is 2.40. The zero-order valence-electron chi connectivity index (χ0n) is 9.84. The second kappa shape index (κ2) is 5.29. The third-order valence-corrected chi connectivity index (χ3v) is 3.31. The number of methoxy groups -OCH3 is 1. The van der Waals surface area contributed by atoms with Crippen LogP contribution >= 0.6 is 11.3 Å². The van der Waals surface area contributed by atoms with Gasteiger partial charge in [0.25, 0.3) is 5.89 Å². The molecule has 0 aliphatic carbocycles. The minimum atomic E-state index is -0.102. The summed E-state index contributed by atoms with van der Waals surface area (Å²) in [5.41, 5.74) is 5.66. The molecule has 0 aliphatic heterocycles. The van der Waals surface area contributed by atoms with Crippen molar-refractivity contribution < 1.29 is 9.26 Å². The summed E-state index contributed by atoms with van der Waals surface area (Å²) in [5.74, 6) is 1.09. The first-order valence-corrected chi connectivity index (χ1v) is 6.28. The Morgan fingerprint density at radius 1 is 1.53 bits per heavy atom. The Morgan fingerprint density at radius 2 is 2.35 bits per heavy atom. The lowest BCUT2D eigenvalue weighted by molar-refractivity contribution is 0.0854. The molecule has 0 saturated carbocycles. The van der Waals surface area contributed by atoms with Crippen molar-refractivity contribution in [2.45, 2.75) is 25.9 Å². The van der Waals surface area contributed by atoms with Gasteiger partial charge in [-0.15, -0.1) is 11.3 Å². The minimum absolute atomic E-state index is 0.102. The summed E-state index contributed by atoms with van der Waals surface area (Å²) < 4.78 is 10.5. The number of nitrogens with two attached hydrogens (primary N) is 1. The normalized spacial score (nSPS) is 12.8. The van der Waals surface area contributed by atoms with E-state index in [1.807, 2.05) is 12.1 Å². The minimum Gasteiger partial charge on any atom is -0.391 e. The van der Waals surface area contributed by atoms with Crippen molar-refractivity contribution in [2.75, 3.05) is 12.8 Å². The van der Waals surface area contributed by atoms with Crippen LogP contribution in [-0.2, 0) is 4.74 Å². The molecular weight excluding hydrogens is 238 g/mol. The number of nitrogens with zero attached hydrogens (tertiary/aromatic N) is 2. The molecule has 0 aromatic carbocycles. The van der Waals surface area contributed by atoms with Crippen LogP contribution < -0.4 is 5.73 Å². The number of anilines is 1. The van der Waals surface area contributed by atoms with E-state index >= 15 is 0 Å². The van der Waals surface area contributed by atoms with Gasteiger partial charge in [0.1, 0.15) is 6.10 Å². The van der Waals surface area contributed by atoms with Crippen LogP contribution in [0.15, 0.2) is 16.7 Å². The third kappa shape index (κ3) is 2.65. The first kappa shape index (κ1) is 12.1. The highest BCUT2D eigenvalue weighted by atomic mass is 32.1. The Labute approximate surface area is 104 Å². The van der Waals surface area contributed by atoms with Gasteiger partial charge >= 0.3 is 0 Å². The van der Waals surface area contributed by atoms with Crippen LogP contribution in [0, 0.1) is 0 Å². The number of ether oxygens (including phenoxy) is 1. The van der Waals surface area contributed by atoms with Crippen molar-refractivity contribution >= 4 is 16.3 Å². The van der Waals surface area contributed by atoms with Gasteiger partial charge in [0, 0.05) is 7.11 Å². The SMILES string of the molecule is CCCC(OC)c1noc(-c2ccc(N)s2)n1. The van der Waals surface area contributed by atoms with Gasteiger partial charge in [0.05, 0.1) is 9.88 Å². The lowest BCUT2D eigenvalue weighted by Gasteiger charge is -2.08. The monoisotopic (exact) mass is 253 g/mol. The van der Waals surface area contributed by atoms with E-state index in [-0.39, 0.29) is 6.10 Å². The highest BCUT2D eigenvalue weighted by Gasteiger charge is 2.18. The molecule has 2 rings (SSSR count). The molecule has 0 saturated heterocycles. The largest absolute Gasteiger partial charge is 0.391 e. The van der Waals surface area contributed by atoms with Gasteiger partial charge in [-0.25, -0.2) is 0 Å². The molecule has 1 unspecified atom stereocenters. The molecule has 6 heteroatoms. The van der Waals surface area contributed by atoms with Crippen LogP contribution in [0.5, 0.6) is 0 Å². The molecule has 0 radical (unpaired) electrons. The number of hydrogen-bond donors (Lipinski definition) is 1. The fourth-order valence-electron chi connectivity index (χ4n) is 1.55. The van der Waals surface area contributed by atoms with Crippen LogP contribution in [0.1, 0.15) is 31.7 Å². The Morgan fingerprint density at radius 3 is 2.94 bits per heavy atom. The Balaban J connectivity index is 2.20. The highest BCUT2D eigenvalue weighted by Crippen LogP contribution is 2.29. The van der Waals surface area contributed by atoms with E-state index in [2.05, 4.69) is 17.1 Å². The van der Waals surface area contributed by atoms with Crippen molar-refractivity contribution in [1.29, 1.82) is 0 Å². The molecule has 92 valence electrons. The van der Waals surface area contributed by atoms with E-state index in [0.29, 0.717) is 11.7 Å². The van der Waals surface area contributed by atoms with E-state index in [9.17, 15) is 0 Å².